The third kappa shape index (κ3) is 2.20. The summed E-state index contributed by atoms with van der Waals surface area (Å²) in [5.74, 6) is 0.598. The van der Waals surface area contributed by atoms with Gasteiger partial charge in [-0.3, -0.25) is 4.98 Å². The van der Waals surface area contributed by atoms with E-state index in [4.69, 9.17) is 0 Å². The fourth-order valence-electron chi connectivity index (χ4n) is 1.63. The van der Waals surface area contributed by atoms with Gasteiger partial charge in [-0.05, 0) is 25.1 Å². The van der Waals surface area contributed by atoms with E-state index in [1.54, 1.807) is 10.7 Å². The van der Waals surface area contributed by atoms with Gasteiger partial charge in [0, 0.05) is 11.9 Å². The molecule has 0 atom stereocenters. The molecule has 0 fully saturated rings. The number of hydrogen-bond acceptors (Lipinski definition) is 4. The minimum Gasteiger partial charge on any atom is -0.255 e. The van der Waals surface area contributed by atoms with E-state index < -0.39 is 0 Å². The van der Waals surface area contributed by atoms with Gasteiger partial charge >= 0.3 is 0 Å². The number of pyridine rings is 1. The predicted octanol–water partition coefficient (Wildman–Crippen LogP) is 2.52. The van der Waals surface area contributed by atoms with Gasteiger partial charge in [0.05, 0.1) is 11.4 Å². The van der Waals surface area contributed by atoms with Crippen LogP contribution in [0.5, 0.6) is 0 Å². The quantitative estimate of drug-likeness (QED) is 0.657. The first kappa shape index (κ1) is 12.2. The first-order chi connectivity index (χ1) is 8.84. The summed E-state index contributed by atoms with van der Waals surface area (Å²) in [5.41, 5.74) is 2.67. The first-order valence-electron chi connectivity index (χ1n) is 5.93. The summed E-state index contributed by atoms with van der Waals surface area (Å²) in [7, 11) is 0. The summed E-state index contributed by atoms with van der Waals surface area (Å²) in [6.07, 6.45) is 3.25. The lowest BCUT2D eigenvalue weighted by atomic mass is 10.2. The maximum atomic E-state index is 4.30. The molecule has 3 aromatic heterocycles. The molecule has 0 radical (unpaired) electrons. The number of nitrogens with zero attached hydrogens (tertiary/aromatic N) is 5. The Morgan fingerprint density at radius 3 is 2.67 bits per heavy atom. The summed E-state index contributed by atoms with van der Waals surface area (Å²) in [4.78, 5) is 12.7. The maximum absolute atomic E-state index is 4.30. The van der Waals surface area contributed by atoms with Crippen LogP contribution < -0.4 is 0 Å². The van der Waals surface area contributed by atoms with E-state index in [9.17, 15) is 0 Å². The summed E-state index contributed by atoms with van der Waals surface area (Å²) in [5, 5.41) is 4.14. The highest BCUT2D eigenvalue weighted by molar-refractivity contribution is 5.57. The zero-order valence-corrected chi connectivity index (χ0v) is 10.7. The maximum Gasteiger partial charge on any atom is 0.252 e. The molecule has 3 heterocycles. The second kappa shape index (κ2) is 5.35. The van der Waals surface area contributed by atoms with Crippen molar-refractivity contribution in [3.63, 3.8) is 0 Å². The summed E-state index contributed by atoms with van der Waals surface area (Å²) < 4.78 is 1.69. The molecule has 0 saturated heterocycles. The fourth-order valence-corrected chi connectivity index (χ4v) is 1.63. The molecule has 0 unspecified atom stereocenters. The van der Waals surface area contributed by atoms with Gasteiger partial charge < -0.3 is 0 Å². The highest BCUT2D eigenvalue weighted by Crippen LogP contribution is 2.16. The molecular weight excluding hydrogens is 226 g/mol. The summed E-state index contributed by atoms with van der Waals surface area (Å²) >= 11 is 0. The van der Waals surface area contributed by atoms with Crippen LogP contribution in [0.4, 0.5) is 0 Å². The van der Waals surface area contributed by atoms with E-state index in [0.29, 0.717) is 5.78 Å². The van der Waals surface area contributed by atoms with E-state index in [2.05, 4.69) is 20.1 Å². The molecule has 0 spiro atoms. The monoisotopic (exact) mass is 241 g/mol. The van der Waals surface area contributed by atoms with E-state index in [0.717, 1.165) is 17.1 Å². The third-order valence-corrected chi connectivity index (χ3v) is 2.31. The molecule has 0 aromatic carbocycles. The molecular formula is C13H15N5. The van der Waals surface area contributed by atoms with Crippen LogP contribution >= 0.6 is 0 Å². The molecule has 3 aromatic rings. The molecule has 0 saturated carbocycles. The minimum atomic E-state index is 0.598. The lowest BCUT2D eigenvalue weighted by Crippen LogP contribution is -1.99. The molecule has 5 heteroatoms. The topological polar surface area (TPSA) is 56.0 Å². The van der Waals surface area contributed by atoms with Gasteiger partial charge in [0.15, 0.2) is 0 Å². The zero-order chi connectivity index (χ0) is 13.0. The van der Waals surface area contributed by atoms with Crippen molar-refractivity contribution in [1.82, 2.24) is 24.6 Å². The van der Waals surface area contributed by atoms with E-state index in [1.807, 2.05) is 45.0 Å². The SMILES string of the molecule is CC.Cc1cc(-c2ccccn2)n2ncnc2n1. The van der Waals surface area contributed by atoms with Crippen LogP contribution in [-0.2, 0) is 0 Å². The van der Waals surface area contributed by atoms with Crippen LogP contribution in [0.2, 0.25) is 0 Å². The van der Waals surface area contributed by atoms with Crippen molar-refractivity contribution in [2.75, 3.05) is 0 Å². The smallest absolute Gasteiger partial charge is 0.252 e. The highest BCUT2D eigenvalue weighted by atomic mass is 15.3. The van der Waals surface area contributed by atoms with Crippen molar-refractivity contribution < 1.29 is 0 Å². The van der Waals surface area contributed by atoms with Crippen molar-refractivity contribution in [1.29, 1.82) is 0 Å². The van der Waals surface area contributed by atoms with E-state index in [-0.39, 0.29) is 0 Å². The van der Waals surface area contributed by atoms with Crippen molar-refractivity contribution in [2.45, 2.75) is 20.8 Å². The van der Waals surface area contributed by atoms with Crippen LogP contribution in [0.15, 0.2) is 36.8 Å². The summed E-state index contributed by atoms with van der Waals surface area (Å²) in [6, 6.07) is 7.72. The standard InChI is InChI=1S/C11H9N5.C2H6/c1-8-6-10(9-4-2-3-5-12-9)16-11(15-8)13-7-14-16;1-2/h2-7H,1H3;1-2H3. The lowest BCUT2D eigenvalue weighted by molar-refractivity contribution is 0.931. The van der Waals surface area contributed by atoms with Gasteiger partial charge in [0.25, 0.3) is 5.78 Å². The van der Waals surface area contributed by atoms with Gasteiger partial charge in [-0.15, -0.1) is 0 Å². The van der Waals surface area contributed by atoms with Crippen LogP contribution in [0.3, 0.4) is 0 Å². The van der Waals surface area contributed by atoms with Gasteiger partial charge in [-0.2, -0.15) is 14.6 Å². The molecule has 0 amide bonds. The average Bonchev–Trinajstić information content (AvgIpc) is 2.89. The molecule has 0 aliphatic rings. The van der Waals surface area contributed by atoms with Crippen LogP contribution in [-0.4, -0.2) is 24.6 Å². The Hall–Kier alpha value is -2.30. The number of rotatable bonds is 1. The number of aromatic nitrogens is 5. The third-order valence-electron chi connectivity index (χ3n) is 2.31. The highest BCUT2D eigenvalue weighted by Gasteiger charge is 2.07. The summed E-state index contributed by atoms with van der Waals surface area (Å²) in [6.45, 7) is 5.93. The Morgan fingerprint density at radius 2 is 1.94 bits per heavy atom. The van der Waals surface area contributed by atoms with Gasteiger partial charge in [0.1, 0.15) is 6.33 Å². The normalized spacial score (nSPS) is 9.94. The first-order valence-corrected chi connectivity index (χ1v) is 5.93. The molecule has 5 nitrogen and oxygen atoms in total. The molecule has 0 N–H and O–H groups in total. The van der Waals surface area contributed by atoms with Crippen molar-refractivity contribution >= 4 is 5.78 Å². The Balaban J connectivity index is 0.000000574. The van der Waals surface area contributed by atoms with E-state index in [1.165, 1.54) is 6.33 Å². The number of hydrogen-bond donors (Lipinski definition) is 0. The molecule has 0 aliphatic carbocycles. The Kier molecular flexibility index (Phi) is 3.62. The average molecular weight is 241 g/mol. The zero-order valence-electron chi connectivity index (χ0n) is 10.7. The second-order valence-corrected chi connectivity index (χ2v) is 3.47. The molecule has 92 valence electrons. The fraction of sp³-hybridized carbons (Fsp3) is 0.231. The van der Waals surface area contributed by atoms with E-state index >= 15 is 0 Å². The Labute approximate surface area is 106 Å². The van der Waals surface area contributed by atoms with Crippen LogP contribution in [0.25, 0.3) is 17.2 Å². The predicted molar refractivity (Wildman–Crippen MR) is 70.1 cm³/mol. The number of fused-ring (bicyclic) bond motifs is 1. The molecule has 0 aliphatic heterocycles. The van der Waals surface area contributed by atoms with Crippen LogP contribution in [0, 0.1) is 6.92 Å². The molecule has 18 heavy (non-hydrogen) atoms. The number of aryl methyl sites for hydroxylation is 1. The van der Waals surface area contributed by atoms with Gasteiger partial charge in [-0.1, -0.05) is 19.9 Å². The van der Waals surface area contributed by atoms with Gasteiger partial charge in [-0.25, -0.2) is 4.98 Å². The van der Waals surface area contributed by atoms with Crippen molar-refractivity contribution in [3.05, 3.63) is 42.5 Å². The van der Waals surface area contributed by atoms with Crippen molar-refractivity contribution in [3.8, 4) is 11.4 Å². The largest absolute Gasteiger partial charge is 0.255 e. The molecule has 0 bridgehead atoms. The van der Waals surface area contributed by atoms with Crippen molar-refractivity contribution in [2.24, 2.45) is 0 Å². The van der Waals surface area contributed by atoms with Gasteiger partial charge in [0.2, 0.25) is 0 Å². The Bertz CT molecular complexity index is 630. The lowest BCUT2D eigenvalue weighted by Gasteiger charge is -2.03. The minimum absolute atomic E-state index is 0.598. The molecule has 3 rings (SSSR count). The van der Waals surface area contributed by atoms with Crippen LogP contribution in [0.1, 0.15) is 19.5 Å². The Morgan fingerprint density at radius 1 is 1.11 bits per heavy atom. The second-order valence-electron chi connectivity index (χ2n) is 3.47.